The Morgan fingerprint density at radius 1 is 1.06 bits per heavy atom. The molecule has 1 N–H and O–H groups in total. The Balaban J connectivity index is 1.97. The number of anilines is 1. The van der Waals surface area contributed by atoms with E-state index in [4.69, 9.17) is 0 Å². The molecule has 4 rings (SSSR count). The number of Topliss-reactive ketones (excluding diaryl/α,β-unsaturated/α-hetero) is 1. The van der Waals surface area contributed by atoms with E-state index in [1.807, 2.05) is 0 Å². The van der Waals surface area contributed by atoms with Crippen molar-refractivity contribution in [1.29, 1.82) is 0 Å². The van der Waals surface area contributed by atoms with Crippen molar-refractivity contribution in [3.63, 3.8) is 0 Å². The minimum atomic E-state index is -1.33. The third-order valence-electron chi connectivity index (χ3n) is 4.96. The molecule has 1 aliphatic rings. The van der Waals surface area contributed by atoms with Gasteiger partial charge in [0.2, 0.25) is 0 Å². The smallest absolute Gasteiger partial charge is 0.300 e. The van der Waals surface area contributed by atoms with Crippen LogP contribution < -0.4 is 4.90 Å². The van der Waals surface area contributed by atoms with E-state index < -0.39 is 51.3 Å². The number of benzene rings is 2. The van der Waals surface area contributed by atoms with E-state index in [9.17, 15) is 33.6 Å². The van der Waals surface area contributed by atoms with Gasteiger partial charge in [-0.25, -0.2) is 8.78 Å². The lowest BCUT2D eigenvalue weighted by molar-refractivity contribution is -0.384. The summed E-state index contributed by atoms with van der Waals surface area (Å²) in [5, 5.41) is 22.0. The van der Waals surface area contributed by atoms with Gasteiger partial charge in [0.15, 0.2) is 0 Å². The molecule has 0 saturated carbocycles. The van der Waals surface area contributed by atoms with Gasteiger partial charge >= 0.3 is 0 Å². The molecule has 2 heterocycles. The second-order valence-electron chi connectivity index (χ2n) is 6.85. The number of carbonyl (C=O) groups excluding carboxylic acids is 2. The molecule has 1 atom stereocenters. The van der Waals surface area contributed by atoms with Crippen molar-refractivity contribution >= 4 is 28.8 Å². The van der Waals surface area contributed by atoms with Gasteiger partial charge in [-0.05, 0) is 29.8 Å². The van der Waals surface area contributed by atoms with Crippen molar-refractivity contribution in [1.82, 2.24) is 4.98 Å². The van der Waals surface area contributed by atoms with Crippen LogP contribution in [0.3, 0.4) is 0 Å². The summed E-state index contributed by atoms with van der Waals surface area (Å²) in [4.78, 5) is 40.9. The van der Waals surface area contributed by atoms with E-state index in [0.717, 1.165) is 29.2 Å². The molecule has 1 saturated heterocycles. The molecule has 1 aromatic heterocycles. The first-order valence-electron chi connectivity index (χ1n) is 9.20. The van der Waals surface area contributed by atoms with Crippen LogP contribution in [0.15, 0.2) is 72.6 Å². The molecule has 0 spiro atoms. The average molecular weight is 437 g/mol. The fourth-order valence-corrected chi connectivity index (χ4v) is 3.53. The molecule has 10 heteroatoms. The number of hydrogen-bond donors (Lipinski definition) is 1. The Morgan fingerprint density at radius 3 is 2.47 bits per heavy atom. The van der Waals surface area contributed by atoms with Gasteiger partial charge in [0.25, 0.3) is 17.4 Å². The molecule has 32 heavy (non-hydrogen) atoms. The van der Waals surface area contributed by atoms with Gasteiger partial charge in [-0.15, -0.1) is 0 Å². The number of non-ortho nitro benzene ring substituents is 1. The van der Waals surface area contributed by atoms with Crippen LogP contribution in [0, 0.1) is 21.7 Å². The number of hydrogen-bond acceptors (Lipinski definition) is 6. The highest BCUT2D eigenvalue weighted by atomic mass is 19.1. The Labute approximate surface area is 179 Å². The van der Waals surface area contributed by atoms with Crippen molar-refractivity contribution < 1.29 is 28.4 Å². The standard InChI is InChI=1S/C22H13F2N3O5/c23-14-4-5-16(24)17(11-14)26-19(12-6-8-25-9-7-12)18(21(29)22(26)30)20(28)13-2-1-3-15(10-13)27(31)32/h1-11,19,28H/b20-18-. The van der Waals surface area contributed by atoms with Gasteiger partial charge in [0, 0.05) is 36.2 Å². The summed E-state index contributed by atoms with van der Waals surface area (Å²) >= 11 is 0. The SMILES string of the molecule is O=C1C(=O)N(c2cc(F)ccc2F)C(c2ccncc2)/C1=C(/O)c1cccc([N+](=O)[O-])c1. The van der Waals surface area contributed by atoms with E-state index in [-0.39, 0.29) is 16.8 Å². The Morgan fingerprint density at radius 2 is 1.78 bits per heavy atom. The van der Waals surface area contributed by atoms with Gasteiger partial charge in [-0.2, -0.15) is 0 Å². The van der Waals surface area contributed by atoms with Gasteiger partial charge < -0.3 is 5.11 Å². The molecule has 1 aliphatic heterocycles. The maximum atomic E-state index is 14.6. The lowest BCUT2D eigenvalue weighted by atomic mass is 9.95. The first kappa shape index (κ1) is 20.8. The number of pyridine rings is 1. The van der Waals surface area contributed by atoms with Crippen molar-refractivity contribution in [3.8, 4) is 0 Å². The van der Waals surface area contributed by atoms with Crippen molar-refractivity contribution in [3.05, 3.63) is 105 Å². The highest BCUT2D eigenvalue weighted by Crippen LogP contribution is 2.43. The molecule has 160 valence electrons. The monoisotopic (exact) mass is 437 g/mol. The number of halogens is 2. The molecule has 3 aromatic rings. The maximum Gasteiger partial charge on any atom is 0.300 e. The number of ketones is 1. The molecular formula is C22H13F2N3O5. The van der Waals surface area contributed by atoms with Gasteiger partial charge in [-0.3, -0.25) is 29.6 Å². The van der Waals surface area contributed by atoms with Gasteiger partial charge in [-0.1, -0.05) is 12.1 Å². The Bertz CT molecular complexity index is 1290. The lowest BCUT2D eigenvalue weighted by Crippen LogP contribution is -2.30. The highest BCUT2D eigenvalue weighted by Gasteiger charge is 2.47. The number of nitrogens with zero attached hydrogens (tertiary/aromatic N) is 3. The number of amides is 1. The number of aliphatic hydroxyl groups is 1. The second kappa shape index (κ2) is 7.99. The summed E-state index contributed by atoms with van der Waals surface area (Å²) in [5.74, 6) is -4.82. The molecular weight excluding hydrogens is 424 g/mol. The zero-order chi connectivity index (χ0) is 23.0. The molecule has 2 aromatic carbocycles. The summed E-state index contributed by atoms with van der Waals surface area (Å²) in [6.45, 7) is 0. The van der Waals surface area contributed by atoms with Crippen LogP contribution in [-0.2, 0) is 9.59 Å². The largest absolute Gasteiger partial charge is 0.507 e. The normalized spacial score (nSPS) is 17.6. The summed E-state index contributed by atoms with van der Waals surface area (Å²) < 4.78 is 28.4. The maximum absolute atomic E-state index is 14.6. The molecule has 0 aliphatic carbocycles. The Kier molecular flexibility index (Phi) is 5.19. The first-order valence-corrected chi connectivity index (χ1v) is 9.20. The van der Waals surface area contributed by atoms with Crippen LogP contribution in [-0.4, -0.2) is 26.7 Å². The fourth-order valence-electron chi connectivity index (χ4n) is 3.53. The van der Waals surface area contributed by atoms with Crippen LogP contribution in [0.5, 0.6) is 0 Å². The minimum Gasteiger partial charge on any atom is -0.507 e. The summed E-state index contributed by atoms with van der Waals surface area (Å²) in [7, 11) is 0. The number of aliphatic hydroxyl groups excluding tert-OH is 1. The molecule has 0 radical (unpaired) electrons. The topological polar surface area (TPSA) is 114 Å². The van der Waals surface area contributed by atoms with Crippen molar-refractivity contribution in [2.45, 2.75) is 6.04 Å². The van der Waals surface area contributed by atoms with Crippen molar-refractivity contribution in [2.24, 2.45) is 0 Å². The third kappa shape index (κ3) is 3.47. The first-order chi connectivity index (χ1) is 15.3. The molecule has 0 bridgehead atoms. The van der Waals surface area contributed by atoms with E-state index in [0.29, 0.717) is 0 Å². The third-order valence-corrected chi connectivity index (χ3v) is 4.96. The van der Waals surface area contributed by atoms with E-state index in [2.05, 4.69) is 4.98 Å². The molecule has 1 amide bonds. The zero-order valence-corrected chi connectivity index (χ0v) is 16.1. The highest BCUT2D eigenvalue weighted by molar-refractivity contribution is 6.51. The summed E-state index contributed by atoms with van der Waals surface area (Å²) in [5.41, 5.74) is -1.07. The molecule has 8 nitrogen and oxygen atoms in total. The van der Waals surface area contributed by atoms with E-state index in [1.54, 1.807) is 0 Å². The average Bonchev–Trinajstić information content (AvgIpc) is 3.06. The van der Waals surface area contributed by atoms with Crippen LogP contribution in [0.4, 0.5) is 20.2 Å². The van der Waals surface area contributed by atoms with E-state index in [1.165, 1.54) is 42.7 Å². The lowest BCUT2D eigenvalue weighted by Gasteiger charge is -2.25. The quantitative estimate of drug-likeness (QED) is 0.218. The fraction of sp³-hybridized carbons (Fsp3) is 0.0455. The minimum absolute atomic E-state index is 0.0871. The number of nitro groups is 1. The van der Waals surface area contributed by atoms with Crippen LogP contribution >= 0.6 is 0 Å². The van der Waals surface area contributed by atoms with Crippen LogP contribution in [0.2, 0.25) is 0 Å². The summed E-state index contributed by atoms with van der Waals surface area (Å²) in [6.07, 6.45) is 2.73. The number of rotatable bonds is 4. The van der Waals surface area contributed by atoms with Gasteiger partial charge in [0.05, 0.1) is 22.2 Å². The summed E-state index contributed by atoms with van der Waals surface area (Å²) in [6, 6.07) is 8.86. The molecule has 1 unspecified atom stereocenters. The zero-order valence-electron chi connectivity index (χ0n) is 16.1. The second-order valence-corrected chi connectivity index (χ2v) is 6.85. The predicted molar refractivity (Wildman–Crippen MR) is 108 cm³/mol. The van der Waals surface area contributed by atoms with Crippen LogP contribution in [0.1, 0.15) is 17.2 Å². The van der Waals surface area contributed by atoms with E-state index >= 15 is 0 Å². The Hall–Kier alpha value is -4.47. The van der Waals surface area contributed by atoms with Gasteiger partial charge in [0.1, 0.15) is 17.4 Å². The number of nitro benzene ring substituents is 1. The predicted octanol–water partition coefficient (Wildman–Crippen LogP) is 3.89. The van der Waals surface area contributed by atoms with Crippen molar-refractivity contribution in [2.75, 3.05) is 4.90 Å². The number of aromatic nitrogens is 1. The number of carbonyl (C=O) groups is 2. The molecule has 1 fully saturated rings. The van der Waals surface area contributed by atoms with Crippen LogP contribution in [0.25, 0.3) is 5.76 Å².